The van der Waals surface area contributed by atoms with Gasteiger partial charge in [-0.3, -0.25) is 4.99 Å². The molecule has 2 rings (SSSR count). The van der Waals surface area contributed by atoms with Gasteiger partial charge in [-0.05, 0) is 31.0 Å². The zero-order valence-electron chi connectivity index (χ0n) is 17.5. The van der Waals surface area contributed by atoms with Gasteiger partial charge in [-0.1, -0.05) is 12.1 Å². The van der Waals surface area contributed by atoms with Gasteiger partial charge in [-0.25, -0.2) is 4.98 Å². The van der Waals surface area contributed by atoms with E-state index in [1.54, 1.807) is 7.11 Å². The van der Waals surface area contributed by atoms with Gasteiger partial charge in [-0.2, -0.15) is 13.2 Å². The van der Waals surface area contributed by atoms with Crippen molar-refractivity contribution < 1.29 is 22.6 Å². The van der Waals surface area contributed by atoms with E-state index in [0.29, 0.717) is 50.2 Å². The van der Waals surface area contributed by atoms with Crippen molar-refractivity contribution in [1.82, 2.24) is 15.6 Å². The van der Waals surface area contributed by atoms with E-state index in [1.165, 1.54) is 0 Å². The molecule has 174 valence electrons. The van der Waals surface area contributed by atoms with Gasteiger partial charge in [0.2, 0.25) is 0 Å². The van der Waals surface area contributed by atoms with Gasteiger partial charge in [-0.15, -0.1) is 35.3 Å². The summed E-state index contributed by atoms with van der Waals surface area (Å²) in [7, 11) is 1.63. The Morgan fingerprint density at radius 3 is 2.55 bits per heavy atom. The second-order valence-electron chi connectivity index (χ2n) is 6.32. The molecule has 0 saturated carbocycles. The summed E-state index contributed by atoms with van der Waals surface area (Å²) in [6.45, 7) is 4.77. The number of rotatable bonds is 11. The highest BCUT2D eigenvalue weighted by Crippen LogP contribution is 2.29. The molecule has 0 aliphatic carbocycles. The number of benzene rings is 1. The number of hydrogen-bond donors (Lipinski definition) is 2. The van der Waals surface area contributed by atoms with Crippen LogP contribution in [0.15, 0.2) is 34.6 Å². The van der Waals surface area contributed by atoms with E-state index < -0.39 is 11.9 Å². The minimum absolute atomic E-state index is 0. The van der Waals surface area contributed by atoms with Gasteiger partial charge in [0.05, 0.1) is 18.7 Å². The first-order valence-electron chi connectivity index (χ1n) is 9.66. The Bertz CT molecular complexity index is 785. The number of ether oxygens (including phenoxy) is 2. The van der Waals surface area contributed by atoms with Crippen molar-refractivity contribution in [3.63, 3.8) is 0 Å². The van der Waals surface area contributed by atoms with Crippen LogP contribution in [0.2, 0.25) is 0 Å². The highest BCUT2D eigenvalue weighted by Gasteiger charge is 2.33. The van der Waals surface area contributed by atoms with Crippen LogP contribution in [-0.2, 0) is 23.9 Å². The molecule has 0 aliphatic heterocycles. The molecule has 0 spiro atoms. The Hall–Kier alpha value is -1.60. The zero-order chi connectivity index (χ0) is 21.8. The second kappa shape index (κ2) is 14.5. The van der Waals surface area contributed by atoms with Crippen LogP contribution in [-0.4, -0.2) is 44.3 Å². The summed E-state index contributed by atoms with van der Waals surface area (Å²) in [5.41, 5.74) is 0.239. The van der Waals surface area contributed by atoms with Crippen molar-refractivity contribution in [1.29, 1.82) is 0 Å². The van der Waals surface area contributed by atoms with Crippen LogP contribution in [0.4, 0.5) is 13.2 Å². The fourth-order valence-corrected chi connectivity index (χ4v) is 3.26. The molecule has 6 nitrogen and oxygen atoms in total. The molecule has 1 aromatic heterocycles. The number of halogens is 4. The molecule has 1 heterocycles. The molecule has 0 atom stereocenters. The molecule has 0 bridgehead atoms. The fourth-order valence-electron chi connectivity index (χ4n) is 2.45. The predicted molar refractivity (Wildman–Crippen MR) is 127 cm³/mol. The Labute approximate surface area is 201 Å². The third kappa shape index (κ3) is 10.5. The maximum absolute atomic E-state index is 12.6. The number of alkyl halides is 3. The minimum Gasteiger partial charge on any atom is -0.497 e. The van der Waals surface area contributed by atoms with Crippen LogP contribution in [0, 0.1) is 0 Å². The Balaban J connectivity index is 0.00000480. The SMILES string of the molecule is CCNC(=NCCCOCc1ccc(OC)cc1)NCCc1nc(C(F)(F)F)cs1.I. The Kier molecular flexibility index (Phi) is 12.8. The topological polar surface area (TPSA) is 67.8 Å². The van der Waals surface area contributed by atoms with E-state index in [2.05, 4.69) is 20.6 Å². The number of methoxy groups -OCH3 is 1. The quantitative estimate of drug-likeness (QED) is 0.180. The number of hydrogen-bond acceptors (Lipinski definition) is 5. The lowest BCUT2D eigenvalue weighted by Crippen LogP contribution is -2.38. The van der Waals surface area contributed by atoms with E-state index in [4.69, 9.17) is 9.47 Å². The molecule has 11 heteroatoms. The molecule has 0 radical (unpaired) electrons. The summed E-state index contributed by atoms with van der Waals surface area (Å²) in [5, 5.41) is 7.72. The van der Waals surface area contributed by atoms with E-state index >= 15 is 0 Å². The maximum Gasteiger partial charge on any atom is 0.434 e. The highest BCUT2D eigenvalue weighted by atomic mass is 127. The van der Waals surface area contributed by atoms with E-state index in [1.807, 2.05) is 31.2 Å². The predicted octanol–water partition coefficient (Wildman–Crippen LogP) is 4.49. The number of aliphatic imine (C=N–C) groups is 1. The standard InChI is InChI=1S/C20H27F3N4O2S.HI/c1-3-24-19(26-11-9-18-27-17(14-30-18)20(21,22)23)25-10-4-12-29-13-15-5-7-16(28-2)8-6-15;/h5-8,14H,3-4,9-13H2,1-2H3,(H2,24,25,26);1H. The number of thiazole rings is 1. The molecular weight excluding hydrogens is 544 g/mol. The van der Waals surface area contributed by atoms with Crippen LogP contribution in [0.1, 0.15) is 29.6 Å². The first-order valence-corrected chi connectivity index (χ1v) is 10.5. The van der Waals surface area contributed by atoms with Crippen molar-refractivity contribution in [2.45, 2.75) is 32.5 Å². The molecule has 31 heavy (non-hydrogen) atoms. The number of aromatic nitrogens is 1. The van der Waals surface area contributed by atoms with Gasteiger partial charge in [0, 0.05) is 38.0 Å². The van der Waals surface area contributed by atoms with Crippen molar-refractivity contribution in [3.8, 4) is 5.75 Å². The minimum atomic E-state index is -4.39. The average Bonchev–Trinajstić information content (AvgIpc) is 3.20. The monoisotopic (exact) mass is 572 g/mol. The number of nitrogens with zero attached hydrogens (tertiary/aromatic N) is 2. The normalized spacial score (nSPS) is 11.7. The molecule has 0 aliphatic rings. The van der Waals surface area contributed by atoms with Gasteiger partial charge < -0.3 is 20.1 Å². The van der Waals surface area contributed by atoms with E-state index in [9.17, 15) is 13.2 Å². The van der Waals surface area contributed by atoms with E-state index in [-0.39, 0.29) is 24.0 Å². The molecule has 2 N–H and O–H groups in total. The molecule has 0 fully saturated rings. The molecule has 0 saturated heterocycles. The number of nitrogens with one attached hydrogen (secondary N) is 2. The molecule has 0 amide bonds. The summed E-state index contributed by atoms with van der Waals surface area (Å²) < 4.78 is 48.5. The van der Waals surface area contributed by atoms with Crippen molar-refractivity contribution in [3.05, 3.63) is 45.9 Å². The molecule has 0 unspecified atom stereocenters. The first-order chi connectivity index (χ1) is 14.4. The van der Waals surface area contributed by atoms with Gasteiger partial charge >= 0.3 is 6.18 Å². The molecule has 2 aromatic rings. The average molecular weight is 572 g/mol. The van der Waals surface area contributed by atoms with Gasteiger partial charge in [0.1, 0.15) is 5.75 Å². The Morgan fingerprint density at radius 1 is 1.19 bits per heavy atom. The van der Waals surface area contributed by atoms with Crippen molar-refractivity contribution in [2.24, 2.45) is 4.99 Å². The third-order valence-corrected chi connectivity index (χ3v) is 4.87. The molecular formula is C20H28F3IN4O2S. The molecule has 1 aromatic carbocycles. The lowest BCUT2D eigenvalue weighted by Gasteiger charge is -2.10. The van der Waals surface area contributed by atoms with Gasteiger partial charge in [0.25, 0.3) is 0 Å². The zero-order valence-corrected chi connectivity index (χ0v) is 20.6. The summed E-state index contributed by atoms with van der Waals surface area (Å²) >= 11 is 1.01. The fraction of sp³-hybridized carbons (Fsp3) is 0.500. The largest absolute Gasteiger partial charge is 0.497 e. The van der Waals surface area contributed by atoms with Crippen molar-refractivity contribution in [2.75, 3.05) is 33.4 Å². The first kappa shape index (κ1) is 27.4. The summed E-state index contributed by atoms with van der Waals surface area (Å²) in [6, 6.07) is 7.72. The maximum atomic E-state index is 12.6. The van der Waals surface area contributed by atoms with Crippen molar-refractivity contribution >= 4 is 41.3 Å². The van der Waals surface area contributed by atoms with Crippen LogP contribution < -0.4 is 15.4 Å². The third-order valence-electron chi connectivity index (χ3n) is 3.96. The Morgan fingerprint density at radius 2 is 1.94 bits per heavy atom. The van der Waals surface area contributed by atoms with Crippen LogP contribution in [0.25, 0.3) is 0 Å². The van der Waals surface area contributed by atoms with Gasteiger partial charge in [0.15, 0.2) is 11.7 Å². The van der Waals surface area contributed by atoms with E-state index in [0.717, 1.165) is 34.5 Å². The lowest BCUT2D eigenvalue weighted by atomic mass is 10.2. The van der Waals surface area contributed by atoms with Crippen LogP contribution >= 0.6 is 35.3 Å². The summed E-state index contributed by atoms with van der Waals surface area (Å²) in [4.78, 5) is 8.08. The highest BCUT2D eigenvalue weighted by molar-refractivity contribution is 14.0. The summed E-state index contributed by atoms with van der Waals surface area (Å²) in [5.74, 6) is 1.44. The second-order valence-corrected chi connectivity index (χ2v) is 7.26. The summed E-state index contributed by atoms with van der Waals surface area (Å²) in [6.07, 6.45) is -3.24. The van der Waals surface area contributed by atoms with Crippen LogP contribution in [0.5, 0.6) is 5.75 Å². The smallest absolute Gasteiger partial charge is 0.434 e. The van der Waals surface area contributed by atoms with Crippen LogP contribution in [0.3, 0.4) is 0 Å². The lowest BCUT2D eigenvalue weighted by molar-refractivity contribution is -0.140. The number of guanidine groups is 1.